The Bertz CT molecular complexity index is 722. The van der Waals surface area contributed by atoms with Crippen molar-refractivity contribution < 1.29 is 9.18 Å². The van der Waals surface area contributed by atoms with E-state index in [9.17, 15) is 9.18 Å². The van der Waals surface area contributed by atoms with Crippen LogP contribution >= 0.6 is 0 Å². The molecule has 2 aromatic rings. The number of nitrogens with zero attached hydrogens (tertiary/aromatic N) is 2. The summed E-state index contributed by atoms with van der Waals surface area (Å²) in [5.74, 6) is -0.160. The van der Waals surface area contributed by atoms with Crippen LogP contribution in [0.1, 0.15) is 18.1 Å². The highest BCUT2D eigenvalue weighted by Crippen LogP contribution is 2.18. The van der Waals surface area contributed by atoms with Crippen LogP contribution < -0.4 is 10.2 Å². The fraction of sp³-hybridized carbons (Fsp3) is 0.381. The van der Waals surface area contributed by atoms with E-state index in [2.05, 4.69) is 34.2 Å². The van der Waals surface area contributed by atoms with E-state index in [1.165, 1.54) is 17.7 Å². The van der Waals surface area contributed by atoms with Crippen molar-refractivity contribution in [1.82, 2.24) is 10.2 Å². The topological polar surface area (TPSA) is 35.6 Å². The molecule has 4 nitrogen and oxygen atoms in total. The van der Waals surface area contributed by atoms with Crippen molar-refractivity contribution in [2.45, 2.75) is 26.4 Å². The fourth-order valence-electron chi connectivity index (χ4n) is 3.23. The fourth-order valence-corrected chi connectivity index (χ4v) is 3.23. The molecule has 5 heteroatoms. The maximum absolute atomic E-state index is 13.1. The number of hydrogen-bond acceptors (Lipinski definition) is 3. The number of nitrogens with one attached hydrogen (secondary N) is 1. The number of anilines is 1. The summed E-state index contributed by atoms with van der Waals surface area (Å²) in [4.78, 5) is 16.9. The molecule has 0 spiro atoms. The van der Waals surface area contributed by atoms with Gasteiger partial charge in [-0.15, -0.1) is 0 Å². The molecular weight excluding hydrogens is 329 g/mol. The zero-order valence-electron chi connectivity index (χ0n) is 15.4. The number of rotatable bonds is 5. The third kappa shape index (κ3) is 4.61. The zero-order valence-corrected chi connectivity index (χ0v) is 15.4. The third-order valence-corrected chi connectivity index (χ3v) is 5.02. The van der Waals surface area contributed by atoms with E-state index in [1.54, 1.807) is 0 Å². The van der Waals surface area contributed by atoms with Gasteiger partial charge in [0.1, 0.15) is 5.82 Å². The Labute approximate surface area is 154 Å². The third-order valence-electron chi connectivity index (χ3n) is 5.02. The summed E-state index contributed by atoms with van der Waals surface area (Å²) in [6, 6.07) is 14.6. The Balaban J connectivity index is 1.48. The largest absolute Gasteiger partial charge is 0.369 e. The van der Waals surface area contributed by atoms with Crippen LogP contribution in [0.3, 0.4) is 0 Å². The van der Waals surface area contributed by atoms with Crippen LogP contribution in [0.15, 0.2) is 48.5 Å². The summed E-state index contributed by atoms with van der Waals surface area (Å²) >= 11 is 0. The summed E-state index contributed by atoms with van der Waals surface area (Å²) in [7, 11) is 0. The molecule has 138 valence electrons. The molecule has 0 aliphatic carbocycles. The van der Waals surface area contributed by atoms with E-state index in [4.69, 9.17) is 0 Å². The highest BCUT2D eigenvalue weighted by atomic mass is 19.1. The van der Waals surface area contributed by atoms with E-state index in [0.29, 0.717) is 6.54 Å². The molecule has 1 atom stereocenters. The van der Waals surface area contributed by atoms with E-state index >= 15 is 0 Å². The van der Waals surface area contributed by atoms with Crippen LogP contribution in [0.2, 0.25) is 0 Å². The Morgan fingerprint density at radius 3 is 2.27 bits per heavy atom. The molecule has 1 saturated heterocycles. The number of benzene rings is 2. The average Bonchev–Trinajstić information content (AvgIpc) is 2.67. The minimum atomic E-state index is -0.216. The normalized spacial score (nSPS) is 16.3. The molecule has 3 rings (SSSR count). The van der Waals surface area contributed by atoms with E-state index in [1.807, 2.05) is 31.2 Å². The number of halogens is 1. The van der Waals surface area contributed by atoms with Gasteiger partial charge >= 0.3 is 0 Å². The van der Waals surface area contributed by atoms with Crippen molar-refractivity contribution >= 4 is 11.6 Å². The molecule has 0 bridgehead atoms. The van der Waals surface area contributed by atoms with Gasteiger partial charge in [0.25, 0.3) is 0 Å². The number of hydrogen-bond donors (Lipinski definition) is 1. The minimum Gasteiger partial charge on any atom is -0.369 e. The SMILES string of the molecule is Cc1ccc(CNC(=O)[C@@H](C)N2CCN(c3ccc(F)cc3)CC2)cc1. The van der Waals surface area contributed by atoms with Crippen molar-refractivity contribution in [3.8, 4) is 0 Å². The van der Waals surface area contributed by atoms with Crippen LogP contribution in [0, 0.1) is 12.7 Å². The van der Waals surface area contributed by atoms with Gasteiger partial charge in [-0.2, -0.15) is 0 Å². The molecule has 1 aliphatic rings. The van der Waals surface area contributed by atoms with Gasteiger partial charge in [-0.3, -0.25) is 9.69 Å². The Kier molecular flexibility index (Phi) is 5.89. The molecule has 1 amide bonds. The van der Waals surface area contributed by atoms with Gasteiger partial charge in [0, 0.05) is 38.4 Å². The average molecular weight is 355 g/mol. The molecule has 0 aromatic heterocycles. The Hall–Kier alpha value is -2.40. The summed E-state index contributed by atoms with van der Waals surface area (Å²) in [6.07, 6.45) is 0. The second-order valence-corrected chi connectivity index (χ2v) is 6.88. The first-order valence-electron chi connectivity index (χ1n) is 9.11. The lowest BCUT2D eigenvalue weighted by atomic mass is 10.1. The predicted molar refractivity (Wildman–Crippen MR) is 103 cm³/mol. The highest BCUT2D eigenvalue weighted by molar-refractivity contribution is 5.81. The van der Waals surface area contributed by atoms with Crippen LogP contribution in [-0.2, 0) is 11.3 Å². The van der Waals surface area contributed by atoms with Crippen LogP contribution in [0.25, 0.3) is 0 Å². The highest BCUT2D eigenvalue weighted by Gasteiger charge is 2.25. The number of carbonyl (C=O) groups excluding carboxylic acids is 1. The van der Waals surface area contributed by atoms with Gasteiger partial charge < -0.3 is 10.2 Å². The molecule has 1 aliphatic heterocycles. The molecule has 0 saturated carbocycles. The standard InChI is InChI=1S/C21H26FN3O/c1-16-3-5-18(6-4-16)15-23-21(26)17(2)24-11-13-25(14-12-24)20-9-7-19(22)8-10-20/h3-10,17H,11-15H2,1-2H3,(H,23,26)/t17-/m1/s1. The molecule has 0 unspecified atom stereocenters. The number of amides is 1. The van der Waals surface area contributed by atoms with E-state index < -0.39 is 0 Å². The van der Waals surface area contributed by atoms with Gasteiger partial charge in [0.2, 0.25) is 5.91 Å². The second kappa shape index (κ2) is 8.32. The van der Waals surface area contributed by atoms with E-state index in [0.717, 1.165) is 37.4 Å². The molecule has 1 heterocycles. The maximum Gasteiger partial charge on any atom is 0.237 e. The lowest BCUT2D eigenvalue weighted by molar-refractivity contribution is -0.126. The maximum atomic E-state index is 13.1. The summed E-state index contributed by atoms with van der Waals surface area (Å²) < 4.78 is 13.1. The quantitative estimate of drug-likeness (QED) is 0.896. The van der Waals surface area contributed by atoms with Crippen molar-refractivity contribution in [2.24, 2.45) is 0 Å². The number of piperazine rings is 1. The lowest BCUT2D eigenvalue weighted by Crippen LogP contribution is -2.53. The van der Waals surface area contributed by atoms with Gasteiger partial charge in [-0.05, 0) is 43.7 Å². The van der Waals surface area contributed by atoms with Gasteiger partial charge in [0.05, 0.1) is 6.04 Å². The van der Waals surface area contributed by atoms with Crippen molar-refractivity contribution in [1.29, 1.82) is 0 Å². The van der Waals surface area contributed by atoms with Crippen molar-refractivity contribution in [3.63, 3.8) is 0 Å². The first-order valence-corrected chi connectivity index (χ1v) is 9.11. The minimum absolute atomic E-state index is 0.0563. The molecule has 1 N–H and O–H groups in total. The zero-order chi connectivity index (χ0) is 18.5. The number of carbonyl (C=O) groups is 1. The van der Waals surface area contributed by atoms with Crippen molar-refractivity contribution in [3.05, 3.63) is 65.5 Å². The van der Waals surface area contributed by atoms with Crippen molar-refractivity contribution in [2.75, 3.05) is 31.1 Å². The van der Waals surface area contributed by atoms with Gasteiger partial charge in [0.15, 0.2) is 0 Å². The molecule has 2 aromatic carbocycles. The summed E-state index contributed by atoms with van der Waals surface area (Å²) in [5, 5.41) is 3.03. The first kappa shape index (κ1) is 18.4. The van der Waals surface area contributed by atoms with Crippen LogP contribution in [0.5, 0.6) is 0 Å². The molecular formula is C21H26FN3O. The van der Waals surface area contributed by atoms with Gasteiger partial charge in [-0.25, -0.2) is 4.39 Å². The Morgan fingerprint density at radius 2 is 1.65 bits per heavy atom. The summed E-state index contributed by atoms with van der Waals surface area (Å²) in [6.45, 7) is 7.86. The molecule has 0 radical (unpaired) electrons. The van der Waals surface area contributed by atoms with Gasteiger partial charge in [-0.1, -0.05) is 29.8 Å². The predicted octanol–water partition coefficient (Wildman–Crippen LogP) is 2.96. The Morgan fingerprint density at radius 1 is 1.04 bits per heavy atom. The monoisotopic (exact) mass is 355 g/mol. The summed E-state index contributed by atoms with van der Waals surface area (Å²) in [5.41, 5.74) is 3.35. The smallest absolute Gasteiger partial charge is 0.237 e. The number of aryl methyl sites for hydroxylation is 1. The molecule has 1 fully saturated rings. The molecule has 26 heavy (non-hydrogen) atoms. The van der Waals surface area contributed by atoms with E-state index in [-0.39, 0.29) is 17.8 Å². The first-order chi connectivity index (χ1) is 12.5. The lowest BCUT2D eigenvalue weighted by Gasteiger charge is -2.38. The van der Waals surface area contributed by atoms with Crippen LogP contribution in [-0.4, -0.2) is 43.0 Å². The second-order valence-electron chi connectivity index (χ2n) is 6.88. The van der Waals surface area contributed by atoms with Crippen LogP contribution in [0.4, 0.5) is 10.1 Å².